The average molecular weight is 382 g/mol. The lowest BCUT2D eigenvalue weighted by Crippen LogP contribution is -2.74. The highest BCUT2D eigenvalue weighted by Crippen LogP contribution is 2.50. The third-order valence-electron chi connectivity index (χ3n) is 5.33. The summed E-state index contributed by atoms with van der Waals surface area (Å²) >= 11 is 0. The fourth-order valence-corrected chi connectivity index (χ4v) is 3.92. The van der Waals surface area contributed by atoms with E-state index in [0.29, 0.717) is 0 Å². The molecule has 29 heavy (non-hydrogen) atoms. The highest BCUT2D eigenvalue weighted by molar-refractivity contribution is 6.12. The molecule has 0 unspecified atom stereocenters. The number of rotatable bonds is 5. The largest absolute Gasteiger partial charge is 0.335 e. The molecule has 0 aliphatic carbocycles. The van der Waals surface area contributed by atoms with E-state index < -0.39 is 17.2 Å². The van der Waals surface area contributed by atoms with Crippen molar-refractivity contribution in [2.24, 2.45) is 0 Å². The average Bonchev–Trinajstić information content (AvgIpc) is 2.76. The van der Waals surface area contributed by atoms with Gasteiger partial charge in [-0.25, -0.2) is 0 Å². The van der Waals surface area contributed by atoms with Gasteiger partial charge >= 0.3 is 0 Å². The Kier molecular flexibility index (Phi) is 4.70. The molecule has 3 aromatic carbocycles. The molecule has 4 rings (SSSR count). The molecule has 4 nitrogen and oxygen atoms in total. The first-order valence-electron chi connectivity index (χ1n) is 9.59. The van der Waals surface area contributed by atoms with Crippen LogP contribution in [0.1, 0.15) is 25.0 Å². The molecular weight excluding hydrogens is 360 g/mol. The van der Waals surface area contributed by atoms with Crippen LogP contribution in [-0.4, -0.2) is 17.7 Å². The number of β-lactam (4-membered cyclic amide) rings is 1. The van der Waals surface area contributed by atoms with Crippen molar-refractivity contribution in [1.29, 1.82) is 5.26 Å². The third kappa shape index (κ3) is 3.00. The SMILES string of the molecule is CC(C)(C#N)O[C@H]1N(c2ccccc2)C(=O)C1(c1ccccc1)c1ccccc1. The summed E-state index contributed by atoms with van der Waals surface area (Å²) < 4.78 is 6.33. The molecule has 3 aromatic rings. The highest BCUT2D eigenvalue weighted by atomic mass is 16.5. The lowest BCUT2D eigenvalue weighted by Gasteiger charge is -2.56. The van der Waals surface area contributed by atoms with Gasteiger partial charge in [-0.15, -0.1) is 0 Å². The van der Waals surface area contributed by atoms with E-state index in [1.165, 1.54) is 0 Å². The first-order chi connectivity index (χ1) is 14.0. The van der Waals surface area contributed by atoms with Gasteiger partial charge < -0.3 is 4.74 Å². The normalized spacial score (nSPS) is 18.0. The topological polar surface area (TPSA) is 53.3 Å². The van der Waals surface area contributed by atoms with Crippen LogP contribution in [0.15, 0.2) is 91.0 Å². The predicted octanol–water partition coefficient (Wildman–Crippen LogP) is 4.66. The number of nitriles is 1. The summed E-state index contributed by atoms with van der Waals surface area (Å²) in [4.78, 5) is 15.5. The van der Waals surface area contributed by atoms with E-state index in [9.17, 15) is 10.1 Å². The molecule has 1 heterocycles. The molecule has 144 valence electrons. The second kappa shape index (κ2) is 7.20. The fourth-order valence-electron chi connectivity index (χ4n) is 3.92. The van der Waals surface area contributed by atoms with E-state index in [0.717, 1.165) is 16.8 Å². The van der Waals surface area contributed by atoms with Gasteiger partial charge in [0.1, 0.15) is 5.41 Å². The van der Waals surface area contributed by atoms with Crippen LogP contribution >= 0.6 is 0 Å². The van der Waals surface area contributed by atoms with E-state index in [2.05, 4.69) is 6.07 Å². The van der Waals surface area contributed by atoms with Crippen molar-refractivity contribution in [3.8, 4) is 6.07 Å². The summed E-state index contributed by atoms with van der Waals surface area (Å²) in [5.41, 5.74) is 0.364. The third-order valence-corrected chi connectivity index (χ3v) is 5.33. The molecule has 1 aliphatic rings. The summed E-state index contributed by atoms with van der Waals surface area (Å²) in [7, 11) is 0. The van der Waals surface area contributed by atoms with Crippen molar-refractivity contribution < 1.29 is 9.53 Å². The van der Waals surface area contributed by atoms with Gasteiger partial charge in [-0.1, -0.05) is 78.9 Å². The van der Waals surface area contributed by atoms with Gasteiger partial charge in [0.15, 0.2) is 11.8 Å². The molecule has 0 aromatic heterocycles. The number of hydrogen-bond acceptors (Lipinski definition) is 3. The maximum Gasteiger partial charge on any atom is 0.248 e. The summed E-state index contributed by atoms with van der Waals surface area (Å²) in [5, 5.41) is 9.62. The monoisotopic (exact) mass is 382 g/mol. The minimum absolute atomic E-state index is 0.0696. The van der Waals surface area contributed by atoms with Crippen molar-refractivity contribution in [3.63, 3.8) is 0 Å². The van der Waals surface area contributed by atoms with E-state index in [1.54, 1.807) is 18.7 Å². The zero-order valence-corrected chi connectivity index (χ0v) is 16.4. The molecule has 0 saturated carbocycles. The fraction of sp³-hybridized carbons (Fsp3) is 0.200. The number of para-hydroxylation sites is 1. The molecule has 0 N–H and O–H groups in total. The first-order valence-corrected chi connectivity index (χ1v) is 9.59. The Morgan fingerprint density at radius 3 is 1.76 bits per heavy atom. The first kappa shape index (κ1) is 18.9. The van der Waals surface area contributed by atoms with Crippen LogP contribution in [-0.2, 0) is 14.9 Å². The van der Waals surface area contributed by atoms with Crippen molar-refractivity contribution in [3.05, 3.63) is 102 Å². The quantitative estimate of drug-likeness (QED) is 0.603. The van der Waals surface area contributed by atoms with Gasteiger partial charge in [-0.2, -0.15) is 5.26 Å². The molecule has 1 atom stereocenters. The maximum absolute atomic E-state index is 13.8. The van der Waals surface area contributed by atoms with Crippen LogP contribution < -0.4 is 4.90 Å². The molecule has 4 heteroatoms. The van der Waals surface area contributed by atoms with Gasteiger partial charge in [-0.3, -0.25) is 9.69 Å². The van der Waals surface area contributed by atoms with Crippen LogP contribution in [0.2, 0.25) is 0 Å². The minimum Gasteiger partial charge on any atom is -0.335 e. The number of hydrogen-bond donors (Lipinski definition) is 0. The van der Waals surface area contributed by atoms with Crippen LogP contribution in [0.5, 0.6) is 0 Å². The molecule has 0 radical (unpaired) electrons. The molecule has 1 aliphatic heterocycles. The molecule has 1 amide bonds. The molecular formula is C25H22N2O2. The summed E-state index contributed by atoms with van der Waals surface area (Å²) in [6, 6.07) is 31.0. The van der Waals surface area contributed by atoms with Gasteiger partial charge in [0, 0.05) is 5.69 Å². The number of benzene rings is 3. The molecule has 1 fully saturated rings. The Hall–Kier alpha value is -3.42. The summed E-state index contributed by atoms with van der Waals surface area (Å²) in [5.74, 6) is -0.0696. The number of ether oxygens (including phenoxy) is 1. The van der Waals surface area contributed by atoms with Crippen LogP contribution in [0.4, 0.5) is 5.69 Å². The Morgan fingerprint density at radius 1 is 0.862 bits per heavy atom. The number of carbonyl (C=O) groups is 1. The number of nitrogens with zero attached hydrogens (tertiary/aromatic N) is 2. The number of carbonyl (C=O) groups excluding carboxylic acids is 1. The Labute approximate surface area is 171 Å². The second-order valence-electron chi connectivity index (χ2n) is 7.64. The standard InChI is InChI=1S/C25H22N2O2/c1-24(2,18-26)29-23-25(19-12-6-3-7-13-19,20-14-8-4-9-15-20)22(28)27(23)21-16-10-5-11-17-21/h3-17,23H,1-2H3/t23-/m1/s1. The van der Waals surface area contributed by atoms with Crippen LogP contribution in [0, 0.1) is 11.3 Å². The van der Waals surface area contributed by atoms with E-state index >= 15 is 0 Å². The highest BCUT2D eigenvalue weighted by Gasteiger charge is 2.65. The van der Waals surface area contributed by atoms with E-state index in [1.807, 2.05) is 91.0 Å². The van der Waals surface area contributed by atoms with Gasteiger partial charge in [0.25, 0.3) is 0 Å². The van der Waals surface area contributed by atoms with Crippen molar-refractivity contribution in [2.45, 2.75) is 31.1 Å². The van der Waals surface area contributed by atoms with Crippen LogP contribution in [0.3, 0.4) is 0 Å². The maximum atomic E-state index is 13.8. The molecule has 1 saturated heterocycles. The molecule has 0 spiro atoms. The minimum atomic E-state index is -1.06. The zero-order chi connectivity index (χ0) is 20.5. The zero-order valence-electron chi connectivity index (χ0n) is 16.4. The Balaban J connectivity index is 1.93. The lowest BCUT2D eigenvalue weighted by molar-refractivity contribution is -0.155. The van der Waals surface area contributed by atoms with E-state index in [-0.39, 0.29) is 5.91 Å². The Morgan fingerprint density at radius 2 is 1.31 bits per heavy atom. The Bertz CT molecular complexity index is 1000. The number of amides is 1. The molecule has 0 bridgehead atoms. The van der Waals surface area contributed by atoms with Gasteiger partial charge in [0.2, 0.25) is 5.91 Å². The van der Waals surface area contributed by atoms with Crippen molar-refractivity contribution >= 4 is 11.6 Å². The van der Waals surface area contributed by atoms with Crippen molar-refractivity contribution in [1.82, 2.24) is 0 Å². The lowest BCUT2D eigenvalue weighted by atomic mass is 9.65. The van der Waals surface area contributed by atoms with Gasteiger partial charge in [0.05, 0.1) is 6.07 Å². The van der Waals surface area contributed by atoms with Crippen LogP contribution in [0.25, 0.3) is 0 Å². The predicted molar refractivity (Wildman–Crippen MR) is 112 cm³/mol. The van der Waals surface area contributed by atoms with E-state index in [4.69, 9.17) is 4.74 Å². The summed E-state index contributed by atoms with van der Waals surface area (Å²) in [6.07, 6.45) is -0.656. The smallest absolute Gasteiger partial charge is 0.248 e. The number of anilines is 1. The second-order valence-corrected chi connectivity index (χ2v) is 7.64. The van der Waals surface area contributed by atoms with Crippen molar-refractivity contribution in [2.75, 3.05) is 4.90 Å². The van der Waals surface area contributed by atoms with Gasteiger partial charge in [-0.05, 0) is 37.1 Å². The summed E-state index contributed by atoms with van der Waals surface area (Å²) in [6.45, 7) is 3.44.